The topological polar surface area (TPSA) is 52.6 Å². The molecule has 1 atom stereocenters. The highest BCUT2D eigenvalue weighted by atomic mass is 16.3. The average molecular weight is 214 g/mol. The van der Waals surface area contributed by atoms with Gasteiger partial charge in [-0.25, -0.2) is 0 Å². The molecule has 0 aromatic carbocycles. The van der Waals surface area contributed by atoms with Gasteiger partial charge in [0.15, 0.2) is 0 Å². The number of carbonyl (C=O) groups excluding carboxylic acids is 1. The molecule has 1 heterocycles. The van der Waals surface area contributed by atoms with Crippen LogP contribution in [-0.4, -0.2) is 47.2 Å². The van der Waals surface area contributed by atoms with Gasteiger partial charge in [0.2, 0.25) is 5.91 Å². The van der Waals surface area contributed by atoms with Crippen molar-refractivity contribution in [3.63, 3.8) is 0 Å². The summed E-state index contributed by atoms with van der Waals surface area (Å²) in [5.41, 5.74) is -0.522. The summed E-state index contributed by atoms with van der Waals surface area (Å²) >= 11 is 0. The molecular formula is C11H22N2O2. The van der Waals surface area contributed by atoms with Crippen LogP contribution >= 0.6 is 0 Å². The SMILES string of the molecule is CCNC(C)(C)C(=O)N1CCC[C@H](O)C1. The van der Waals surface area contributed by atoms with E-state index in [1.165, 1.54) is 0 Å². The summed E-state index contributed by atoms with van der Waals surface area (Å²) in [5.74, 6) is 0.0862. The lowest BCUT2D eigenvalue weighted by atomic mass is 10.0. The third kappa shape index (κ3) is 3.18. The lowest BCUT2D eigenvalue weighted by Crippen LogP contribution is -2.56. The Bertz CT molecular complexity index is 229. The minimum Gasteiger partial charge on any atom is -0.391 e. The molecule has 15 heavy (non-hydrogen) atoms. The number of nitrogens with one attached hydrogen (secondary N) is 1. The summed E-state index contributed by atoms with van der Waals surface area (Å²) in [5, 5.41) is 12.7. The molecule has 2 N–H and O–H groups in total. The Labute approximate surface area is 91.6 Å². The summed E-state index contributed by atoms with van der Waals surface area (Å²) in [6, 6.07) is 0. The van der Waals surface area contributed by atoms with Crippen LogP contribution in [0.15, 0.2) is 0 Å². The Balaban J connectivity index is 2.58. The number of hydrogen-bond donors (Lipinski definition) is 2. The van der Waals surface area contributed by atoms with Gasteiger partial charge in [0, 0.05) is 13.1 Å². The van der Waals surface area contributed by atoms with Crippen molar-refractivity contribution < 1.29 is 9.90 Å². The van der Waals surface area contributed by atoms with E-state index in [1.807, 2.05) is 20.8 Å². The summed E-state index contributed by atoms with van der Waals surface area (Å²) in [6.45, 7) is 7.78. The van der Waals surface area contributed by atoms with Crippen LogP contribution in [0.3, 0.4) is 0 Å². The fourth-order valence-corrected chi connectivity index (χ4v) is 2.05. The summed E-state index contributed by atoms with van der Waals surface area (Å²) in [6.07, 6.45) is 1.36. The quantitative estimate of drug-likeness (QED) is 0.713. The number of amides is 1. The molecule has 0 bridgehead atoms. The fourth-order valence-electron chi connectivity index (χ4n) is 2.05. The third-order valence-electron chi connectivity index (χ3n) is 2.84. The molecule has 0 aliphatic carbocycles. The first-order chi connectivity index (χ1) is 6.97. The van der Waals surface area contributed by atoms with E-state index in [2.05, 4.69) is 5.32 Å². The second-order valence-corrected chi connectivity index (χ2v) is 4.70. The van der Waals surface area contributed by atoms with Crippen molar-refractivity contribution in [3.8, 4) is 0 Å². The summed E-state index contributed by atoms with van der Waals surface area (Å²) in [7, 11) is 0. The normalized spacial score (nSPS) is 22.9. The van der Waals surface area contributed by atoms with Gasteiger partial charge in [-0.2, -0.15) is 0 Å². The van der Waals surface area contributed by atoms with E-state index in [9.17, 15) is 9.90 Å². The summed E-state index contributed by atoms with van der Waals surface area (Å²) in [4.78, 5) is 13.9. The molecular weight excluding hydrogens is 192 g/mol. The molecule has 0 saturated carbocycles. The summed E-state index contributed by atoms with van der Waals surface area (Å²) < 4.78 is 0. The molecule has 1 aliphatic rings. The average Bonchev–Trinajstić information content (AvgIpc) is 2.16. The highest BCUT2D eigenvalue weighted by molar-refractivity contribution is 5.85. The van der Waals surface area contributed by atoms with Gasteiger partial charge in [-0.05, 0) is 33.2 Å². The monoisotopic (exact) mass is 214 g/mol. The van der Waals surface area contributed by atoms with Crippen LogP contribution in [0.25, 0.3) is 0 Å². The van der Waals surface area contributed by atoms with E-state index >= 15 is 0 Å². The van der Waals surface area contributed by atoms with Crippen LogP contribution in [0.2, 0.25) is 0 Å². The first-order valence-electron chi connectivity index (χ1n) is 5.70. The number of hydrogen-bond acceptors (Lipinski definition) is 3. The highest BCUT2D eigenvalue weighted by Crippen LogP contribution is 2.15. The number of aliphatic hydroxyl groups excluding tert-OH is 1. The Morgan fingerprint density at radius 1 is 1.60 bits per heavy atom. The van der Waals surface area contributed by atoms with E-state index in [1.54, 1.807) is 4.90 Å². The highest BCUT2D eigenvalue weighted by Gasteiger charge is 2.33. The van der Waals surface area contributed by atoms with Crippen LogP contribution in [-0.2, 0) is 4.79 Å². The Morgan fingerprint density at radius 3 is 2.80 bits per heavy atom. The number of likely N-dealkylation sites (tertiary alicyclic amines) is 1. The van der Waals surface area contributed by atoms with Crippen molar-refractivity contribution in [1.82, 2.24) is 10.2 Å². The number of rotatable bonds is 3. The van der Waals surface area contributed by atoms with Crippen molar-refractivity contribution in [1.29, 1.82) is 0 Å². The number of likely N-dealkylation sites (N-methyl/N-ethyl adjacent to an activating group) is 1. The standard InChI is InChI=1S/C11H22N2O2/c1-4-12-11(2,3)10(15)13-7-5-6-9(14)8-13/h9,12,14H,4-8H2,1-3H3/t9-/m0/s1. The number of carbonyl (C=O) groups is 1. The zero-order valence-corrected chi connectivity index (χ0v) is 9.92. The number of piperidine rings is 1. The van der Waals surface area contributed by atoms with E-state index in [4.69, 9.17) is 0 Å². The number of β-amino-alcohol motifs (C(OH)–C–C–N with tert-alkyl or cyclic N) is 1. The van der Waals surface area contributed by atoms with Gasteiger partial charge < -0.3 is 15.3 Å². The van der Waals surface area contributed by atoms with Crippen molar-refractivity contribution in [2.75, 3.05) is 19.6 Å². The van der Waals surface area contributed by atoms with E-state index in [-0.39, 0.29) is 12.0 Å². The maximum atomic E-state index is 12.1. The molecule has 0 aromatic heterocycles. The zero-order chi connectivity index (χ0) is 11.5. The van der Waals surface area contributed by atoms with Gasteiger partial charge in [0.1, 0.15) is 0 Å². The molecule has 0 unspecified atom stereocenters. The fraction of sp³-hybridized carbons (Fsp3) is 0.909. The van der Waals surface area contributed by atoms with Crippen LogP contribution in [0, 0.1) is 0 Å². The van der Waals surface area contributed by atoms with Gasteiger partial charge in [-0.1, -0.05) is 6.92 Å². The van der Waals surface area contributed by atoms with Gasteiger partial charge in [0.25, 0.3) is 0 Å². The predicted octanol–water partition coefficient (Wildman–Crippen LogP) is 0.358. The molecule has 4 nitrogen and oxygen atoms in total. The first kappa shape index (κ1) is 12.5. The van der Waals surface area contributed by atoms with Crippen LogP contribution < -0.4 is 5.32 Å². The van der Waals surface area contributed by atoms with Crippen LogP contribution in [0.4, 0.5) is 0 Å². The molecule has 0 radical (unpaired) electrons. The van der Waals surface area contributed by atoms with Gasteiger partial charge in [-0.15, -0.1) is 0 Å². The maximum absolute atomic E-state index is 12.1. The number of aliphatic hydroxyl groups is 1. The van der Waals surface area contributed by atoms with Crippen molar-refractivity contribution in [3.05, 3.63) is 0 Å². The van der Waals surface area contributed by atoms with Crippen LogP contribution in [0.1, 0.15) is 33.6 Å². The molecule has 1 aliphatic heterocycles. The smallest absolute Gasteiger partial charge is 0.242 e. The molecule has 1 amide bonds. The van der Waals surface area contributed by atoms with Gasteiger partial charge in [0.05, 0.1) is 11.6 Å². The minimum atomic E-state index is -0.522. The Hall–Kier alpha value is -0.610. The molecule has 0 spiro atoms. The van der Waals surface area contributed by atoms with E-state index in [0.717, 1.165) is 25.9 Å². The largest absolute Gasteiger partial charge is 0.391 e. The van der Waals surface area contributed by atoms with Crippen molar-refractivity contribution in [2.45, 2.75) is 45.3 Å². The maximum Gasteiger partial charge on any atom is 0.242 e. The second kappa shape index (κ2) is 4.94. The molecule has 1 rings (SSSR count). The van der Waals surface area contributed by atoms with E-state index in [0.29, 0.717) is 6.54 Å². The molecule has 1 fully saturated rings. The first-order valence-corrected chi connectivity index (χ1v) is 5.70. The third-order valence-corrected chi connectivity index (χ3v) is 2.84. The molecule has 0 aromatic rings. The lowest BCUT2D eigenvalue weighted by molar-refractivity contribution is -0.140. The Morgan fingerprint density at radius 2 is 2.27 bits per heavy atom. The molecule has 1 saturated heterocycles. The minimum absolute atomic E-state index is 0.0862. The Kier molecular flexibility index (Phi) is 4.11. The van der Waals surface area contributed by atoms with Gasteiger partial charge >= 0.3 is 0 Å². The van der Waals surface area contributed by atoms with Crippen molar-refractivity contribution in [2.24, 2.45) is 0 Å². The molecule has 4 heteroatoms. The van der Waals surface area contributed by atoms with Crippen molar-refractivity contribution >= 4 is 5.91 Å². The van der Waals surface area contributed by atoms with Crippen LogP contribution in [0.5, 0.6) is 0 Å². The lowest BCUT2D eigenvalue weighted by Gasteiger charge is -2.36. The number of nitrogens with zero attached hydrogens (tertiary/aromatic N) is 1. The van der Waals surface area contributed by atoms with Gasteiger partial charge in [-0.3, -0.25) is 4.79 Å². The second-order valence-electron chi connectivity index (χ2n) is 4.70. The predicted molar refractivity (Wildman–Crippen MR) is 59.6 cm³/mol. The zero-order valence-electron chi connectivity index (χ0n) is 9.92. The molecule has 88 valence electrons. The van der Waals surface area contributed by atoms with E-state index < -0.39 is 5.54 Å².